The molecule has 1 fully saturated rings. The number of rotatable bonds is 3. The summed E-state index contributed by atoms with van der Waals surface area (Å²) < 4.78 is 0. The van der Waals surface area contributed by atoms with Crippen LogP contribution in [0.1, 0.15) is 16.8 Å². The molecule has 1 aliphatic heterocycles. The molecule has 0 radical (unpaired) electrons. The lowest BCUT2D eigenvalue weighted by atomic mass is 10.2. The van der Waals surface area contributed by atoms with E-state index in [-0.39, 0.29) is 23.8 Å². The first-order valence-corrected chi connectivity index (χ1v) is 7.34. The third-order valence-electron chi connectivity index (χ3n) is 3.15. The molecule has 1 saturated heterocycles. The molecule has 0 saturated carbocycles. The summed E-state index contributed by atoms with van der Waals surface area (Å²) in [6.45, 7) is 0. The van der Waals surface area contributed by atoms with E-state index in [0.717, 1.165) is 0 Å². The van der Waals surface area contributed by atoms with Crippen molar-refractivity contribution in [3.8, 4) is 0 Å². The smallest absolute Gasteiger partial charge is 0.335 e. The van der Waals surface area contributed by atoms with Gasteiger partial charge in [-0.05, 0) is 24.3 Å². The number of anilines is 1. The van der Waals surface area contributed by atoms with E-state index in [4.69, 9.17) is 5.11 Å². The van der Waals surface area contributed by atoms with E-state index in [1.54, 1.807) is 14.1 Å². The summed E-state index contributed by atoms with van der Waals surface area (Å²) in [6, 6.07) is 5.84. The van der Waals surface area contributed by atoms with E-state index in [1.165, 1.54) is 40.9 Å². The summed E-state index contributed by atoms with van der Waals surface area (Å²) in [6.07, 6.45) is 0.0965. The van der Waals surface area contributed by atoms with Crippen LogP contribution >= 0.6 is 11.8 Å². The quantitative estimate of drug-likeness (QED) is 0.873. The molecule has 0 aromatic heterocycles. The molecule has 116 valence electrons. The molecule has 2 N–H and O–H groups in total. The molecule has 8 heteroatoms. The van der Waals surface area contributed by atoms with Gasteiger partial charge in [0.15, 0.2) is 5.17 Å². The molecule has 0 spiro atoms. The van der Waals surface area contributed by atoms with Gasteiger partial charge in [0, 0.05) is 26.2 Å². The van der Waals surface area contributed by atoms with Gasteiger partial charge in [-0.2, -0.15) is 0 Å². The summed E-state index contributed by atoms with van der Waals surface area (Å²) in [7, 11) is 3.19. The fourth-order valence-corrected chi connectivity index (χ4v) is 2.93. The number of amidine groups is 1. The van der Waals surface area contributed by atoms with Gasteiger partial charge in [-0.1, -0.05) is 11.8 Å². The number of aromatic carboxylic acids is 1. The number of nitrogens with one attached hydrogen (secondary N) is 1. The van der Waals surface area contributed by atoms with E-state index in [1.807, 2.05) is 0 Å². The third kappa shape index (κ3) is 3.45. The minimum Gasteiger partial charge on any atom is -0.478 e. The third-order valence-corrected chi connectivity index (χ3v) is 4.48. The maximum atomic E-state index is 12.2. The Morgan fingerprint density at radius 1 is 1.36 bits per heavy atom. The first-order valence-electron chi connectivity index (χ1n) is 6.46. The van der Waals surface area contributed by atoms with Crippen molar-refractivity contribution in [3.05, 3.63) is 29.8 Å². The minimum atomic E-state index is -1.03. The largest absolute Gasteiger partial charge is 0.478 e. The number of carboxylic acids is 1. The topological polar surface area (TPSA) is 99.1 Å². The number of thioether (sulfide) groups is 1. The van der Waals surface area contributed by atoms with E-state index in [0.29, 0.717) is 10.9 Å². The molecule has 1 aromatic carbocycles. The molecular weight excluding hydrogens is 306 g/mol. The zero-order valence-corrected chi connectivity index (χ0v) is 12.9. The number of amides is 2. The number of nitrogens with zero attached hydrogens (tertiary/aromatic N) is 2. The number of carbonyl (C=O) groups is 3. The molecule has 2 amide bonds. The normalized spacial score (nSPS) is 20.1. The Hall–Kier alpha value is -2.35. The summed E-state index contributed by atoms with van der Waals surface area (Å²) in [5.41, 5.74) is 0.624. The van der Waals surface area contributed by atoms with E-state index < -0.39 is 11.2 Å². The molecule has 0 aliphatic carbocycles. The van der Waals surface area contributed by atoms with Gasteiger partial charge in [0.2, 0.25) is 11.8 Å². The van der Waals surface area contributed by atoms with Crippen LogP contribution in [0, 0.1) is 0 Å². The maximum absolute atomic E-state index is 12.2. The summed E-state index contributed by atoms with van der Waals surface area (Å²) in [5.74, 6) is -1.51. The Morgan fingerprint density at radius 2 is 2.00 bits per heavy atom. The lowest BCUT2D eigenvalue weighted by Crippen LogP contribution is -2.43. The van der Waals surface area contributed by atoms with Crippen LogP contribution in [0.4, 0.5) is 5.69 Å². The number of carbonyl (C=O) groups excluding carboxylic acids is 2. The van der Waals surface area contributed by atoms with E-state index in [2.05, 4.69) is 10.3 Å². The molecule has 1 heterocycles. The second-order valence-electron chi connectivity index (χ2n) is 4.64. The monoisotopic (exact) mass is 321 g/mol. The van der Waals surface area contributed by atoms with Gasteiger partial charge in [0.05, 0.1) is 5.56 Å². The van der Waals surface area contributed by atoms with Crippen molar-refractivity contribution in [1.82, 2.24) is 4.90 Å². The van der Waals surface area contributed by atoms with Crippen LogP contribution in [0.5, 0.6) is 0 Å². The van der Waals surface area contributed by atoms with E-state index >= 15 is 0 Å². The highest BCUT2D eigenvalue weighted by atomic mass is 32.2. The standard InChI is InChI=1S/C14H15N3O4S/c1-15-14-17(2)11(18)7-10(22-14)12(19)16-9-5-3-8(4-6-9)13(20)21/h3-6,10H,7H2,1-2H3,(H,16,19)(H,20,21)/t10-/m0/s1. The van der Waals surface area contributed by atoms with Gasteiger partial charge in [0.1, 0.15) is 5.25 Å². The predicted molar refractivity (Wildman–Crippen MR) is 84.2 cm³/mol. The molecule has 1 atom stereocenters. The van der Waals surface area contributed by atoms with Gasteiger partial charge in [-0.3, -0.25) is 19.5 Å². The number of hydrogen-bond acceptors (Lipinski definition) is 5. The number of hydrogen-bond donors (Lipinski definition) is 2. The molecule has 1 aromatic rings. The SMILES string of the molecule is CN=C1S[C@H](C(=O)Nc2ccc(C(=O)O)cc2)CC(=O)N1C. The van der Waals surface area contributed by atoms with Crippen molar-refractivity contribution in [3.63, 3.8) is 0 Å². The van der Waals surface area contributed by atoms with Crippen LogP contribution in [0.15, 0.2) is 29.3 Å². The van der Waals surface area contributed by atoms with Crippen LogP contribution in [0.3, 0.4) is 0 Å². The first kappa shape index (κ1) is 16.0. The highest BCUT2D eigenvalue weighted by molar-refractivity contribution is 8.15. The minimum absolute atomic E-state index is 0.0965. The first-order chi connectivity index (χ1) is 10.4. The Kier molecular flexibility index (Phi) is 4.81. The predicted octanol–water partition coefficient (Wildman–Crippen LogP) is 1.27. The number of benzene rings is 1. The Bertz CT molecular complexity index is 642. The second kappa shape index (κ2) is 6.61. The van der Waals surface area contributed by atoms with Crippen molar-refractivity contribution in [1.29, 1.82) is 0 Å². The average Bonchev–Trinajstić information content (AvgIpc) is 2.50. The maximum Gasteiger partial charge on any atom is 0.335 e. The molecule has 7 nitrogen and oxygen atoms in total. The van der Waals surface area contributed by atoms with E-state index in [9.17, 15) is 14.4 Å². The van der Waals surface area contributed by atoms with Crippen LogP contribution in [0.2, 0.25) is 0 Å². The van der Waals surface area contributed by atoms with Gasteiger partial charge in [-0.25, -0.2) is 4.79 Å². The Labute approximate surface area is 131 Å². The van der Waals surface area contributed by atoms with Gasteiger partial charge in [-0.15, -0.1) is 0 Å². The molecule has 0 unspecified atom stereocenters. The van der Waals surface area contributed by atoms with Crippen LogP contribution < -0.4 is 5.32 Å². The van der Waals surface area contributed by atoms with Crippen molar-refractivity contribution < 1.29 is 19.5 Å². The second-order valence-corrected chi connectivity index (χ2v) is 5.81. The average molecular weight is 321 g/mol. The van der Waals surface area contributed by atoms with Crippen molar-refractivity contribution >= 4 is 40.4 Å². The van der Waals surface area contributed by atoms with Crippen LogP contribution in [-0.2, 0) is 9.59 Å². The number of aliphatic imine (C=N–C) groups is 1. The Morgan fingerprint density at radius 3 is 2.55 bits per heavy atom. The lowest BCUT2D eigenvalue weighted by molar-refractivity contribution is -0.128. The zero-order chi connectivity index (χ0) is 16.3. The van der Waals surface area contributed by atoms with Gasteiger partial charge >= 0.3 is 5.97 Å². The fraction of sp³-hybridized carbons (Fsp3) is 0.286. The van der Waals surface area contributed by atoms with Gasteiger partial charge in [0.25, 0.3) is 0 Å². The molecule has 22 heavy (non-hydrogen) atoms. The number of carboxylic acid groups (broad SMARTS) is 1. The highest BCUT2D eigenvalue weighted by Crippen LogP contribution is 2.26. The van der Waals surface area contributed by atoms with Crippen molar-refractivity contribution in [2.45, 2.75) is 11.7 Å². The Balaban J connectivity index is 2.06. The summed E-state index contributed by atoms with van der Waals surface area (Å²) in [5, 5.41) is 11.4. The highest BCUT2D eigenvalue weighted by Gasteiger charge is 2.33. The lowest BCUT2D eigenvalue weighted by Gasteiger charge is -2.28. The van der Waals surface area contributed by atoms with Crippen molar-refractivity contribution in [2.24, 2.45) is 4.99 Å². The molecule has 1 aliphatic rings. The van der Waals surface area contributed by atoms with Gasteiger partial charge < -0.3 is 10.4 Å². The zero-order valence-electron chi connectivity index (χ0n) is 12.1. The fourth-order valence-electron chi connectivity index (χ4n) is 1.92. The van der Waals surface area contributed by atoms with Crippen molar-refractivity contribution in [2.75, 3.05) is 19.4 Å². The van der Waals surface area contributed by atoms with Crippen LogP contribution in [-0.4, -0.2) is 52.3 Å². The molecular formula is C14H15N3O4S. The molecule has 0 bridgehead atoms. The molecule has 2 rings (SSSR count). The summed E-state index contributed by atoms with van der Waals surface area (Å²) >= 11 is 1.23. The summed E-state index contributed by atoms with van der Waals surface area (Å²) in [4.78, 5) is 40.3. The van der Waals surface area contributed by atoms with Crippen LogP contribution in [0.25, 0.3) is 0 Å².